The highest BCUT2D eigenvalue weighted by Crippen LogP contribution is 2.14. The molecule has 6 heteroatoms. The van der Waals surface area contributed by atoms with E-state index in [0.717, 1.165) is 43.6 Å². The fraction of sp³-hybridized carbons (Fsp3) is 0.765. The number of aliphatic imine (C=N–C) groups is 1. The number of nitrogens with zero attached hydrogens (tertiary/aromatic N) is 3. The Morgan fingerprint density at radius 1 is 1.30 bits per heavy atom. The van der Waals surface area contributed by atoms with E-state index in [1.54, 1.807) is 0 Å². The van der Waals surface area contributed by atoms with E-state index < -0.39 is 0 Å². The van der Waals surface area contributed by atoms with Gasteiger partial charge in [0.25, 0.3) is 0 Å². The Kier molecular flexibility index (Phi) is 9.36. The van der Waals surface area contributed by atoms with Crippen molar-refractivity contribution >= 4 is 5.96 Å². The van der Waals surface area contributed by atoms with Gasteiger partial charge >= 0.3 is 0 Å². The number of nitrogens with one attached hydrogen (secondary N) is 2. The lowest BCUT2D eigenvalue weighted by molar-refractivity contribution is 0.332. The number of hydrogen-bond acceptors (Lipinski definition) is 4. The van der Waals surface area contributed by atoms with Gasteiger partial charge in [-0.3, -0.25) is 0 Å². The van der Waals surface area contributed by atoms with Crippen LogP contribution in [-0.4, -0.2) is 49.2 Å². The van der Waals surface area contributed by atoms with Gasteiger partial charge in [-0.05, 0) is 32.9 Å². The van der Waals surface area contributed by atoms with E-state index in [2.05, 4.69) is 60.4 Å². The largest absolute Gasteiger partial charge is 0.359 e. The molecule has 0 bridgehead atoms. The molecule has 0 radical (unpaired) electrons. The van der Waals surface area contributed by atoms with Crippen LogP contribution in [0.25, 0.3) is 0 Å². The van der Waals surface area contributed by atoms with Gasteiger partial charge in [0.1, 0.15) is 6.54 Å². The highest BCUT2D eigenvalue weighted by molar-refractivity contribution is 5.79. The van der Waals surface area contributed by atoms with Crippen LogP contribution in [0, 0.1) is 0 Å². The van der Waals surface area contributed by atoms with Gasteiger partial charge in [-0.2, -0.15) is 0 Å². The Balaban J connectivity index is 2.43. The molecule has 1 heterocycles. The number of aromatic nitrogens is 1. The first kappa shape index (κ1) is 19.5. The third-order valence-electron chi connectivity index (χ3n) is 3.59. The fourth-order valence-electron chi connectivity index (χ4n) is 2.08. The summed E-state index contributed by atoms with van der Waals surface area (Å²) in [5, 5.41) is 10.7. The van der Waals surface area contributed by atoms with Crippen LogP contribution in [0.5, 0.6) is 0 Å². The van der Waals surface area contributed by atoms with Gasteiger partial charge in [0.15, 0.2) is 11.7 Å². The molecule has 0 saturated heterocycles. The minimum Gasteiger partial charge on any atom is -0.359 e. The predicted molar refractivity (Wildman–Crippen MR) is 95.8 cm³/mol. The Morgan fingerprint density at radius 2 is 2.09 bits per heavy atom. The molecule has 0 atom stereocenters. The summed E-state index contributed by atoms with van der Waals surface area (Å²) in [6.45, 7) is 12.8. The second-order valence-electron chi connectivity index (χ2n) is 6.15. The first-order valence-corrected chi connectivity index (χ1v) is 8.73. The lowest BCUT2D eigenvalue weighted by Gasteiger charge is -2.17. The molecule has 0 fully saturated rings. The van der Waals surface area contributed by atoms with Crippen molar-refractivity contribution in [1.82, 2.24) is 20.7 Å². The highest BCUT2D eigenvalue weighted by atomic mass is 16.5. The summed E-state index contributed by atoms with van der Waals surface area (Å²) in [4.78, 5) is 6.90. The van der Waals surface area contributed by atoms with Gasteiger partial charge in [-0.25, -0.2) is 4.99 Å². The second-order valence-corrected chi connectivity index (χ2v) is 6.15. The van der Waals surface area contributed by atoms with Crippen molar-refractivity contribution in [3.8, 4) is 0 Å². The minimum absolute atomic E-state index is 0.376. The molecule has 0 aromatic carbocycles. The maximum Gasteiger partial charge on any atom is 0.191 e. The normalized spacial score (nSPS) is 12.2. The molecule has 0 unspecified atom stereocenters. The van der Waals surface area contributed by atoms with Crippen LogP contribution in [0.1, 0.15) is 57.9 Å². The molecule has 6 nitrogen and oxygen atoms in total. The number of hydrogen-bond donors (Lipinski definition) is 2. The van der Waals surface area contributed by atoms with Gasteiger partial charge < -0.3 is 20.1 Å². The van der Waals surface area contributed by atoms with E-state index in [4.69, 9.17) is 4.52 Å². The maximum absolute atomic E-state index is 5.32. The predicted octanol–water partition coefficient (Wildman–Crippen LogP) is 2.58. The summed E-state index contributed by atoms with van der Waals surface area (Å²) in [6, 6.07) is 1.98. The number of rotatable bonds is 10. The lowest BCUT2D eigenvalue weighted by atomic mass is 10.1. The van der Waals surface area contributed by atoms with Crippen molar-refractivity contribution in [2.75, 3.05) is 33.2 Å². The summed E-state index contributed by atoms with van der Waals surface area (Å²) in [6.07, 6.45) is 2.48. The molecule has 23 heavy (non-hydrogen) atoms. The second kappa shape index (κ2) is 11.0. The molecular weight excluding hydrogens is 290 g/mol. The Morgan fingerprint density at radius 3 is 2.70 bits per heavy atom. The molecule has 2 N–H and O–H groups in total. The van der Waals surface area contributed by atoms with Crippen LogP contribution in [0.15, 0.2) is 15.6 Å². The van der Waals surface area contributed by atoms with Crippen molar-refractivity contribution in [2.24, 2.45) is 4.99 Å². The molecule has 1 aromatic rings. The summed E-state index contributed by atoms with van der Waals surface area (Å²) in [5.41, 5.74) is 0.978. The van der Waals surface area contributed by atoms with Gasteiger partial charge in [-0.15, -0.1) is 0 Å². The van der Waals surface area contributed by atoms with Gasteiger partial charge in [0, 0.05) is 25.7 Å². The third-order valence-corrected chi connectivity index (χ3v) is 3.59. The lowest BCUT2D eigenvalue weighted by Crippen LogP contribution is -2.41. The summed E-state index contributed by atoms with van der Waals surface area (Å²) in [7, 11) is 2.16. The van der Waals surface area contributed by atoms with Crippen LogP contribution in [-0.2, 0) is 6.54 Å². The number of unbranched alkanes of at least 4 members (excludes halogenated alkanes) is 1. The number of guanidine groups is 1. The quantitative estimate of drug-likeness (QED) is 0.512. The zero-order valence-corrected chi connectivity index (χ0v) is 15.4. The average Bonchev–Trinajstić information content (AvgIpc) is 2.99. The first-order chi connectivity index (χ1) is 11.1. The van der Waals surface area contributed by atoms with Crippen molar-refractivity contribution in [2.45, 2.75) is 53.0 Å². The highest BCUT2D eigenvalue weighted by Gasteiger charge is 2.07. The standard InChI is InChI=1S/C17H33N5O/c1-6-8-10-22(5)11-9-19-17(18-7-2)20-13-15-12-16(14(3)4)21-23-15/h12,14H,6-11,13H2,1-5H3,(H2,18,19,20). The van der Waals surface area contributed by atoms with E-state index in [1.165, 1.54) is 12.8 Å². The third kappa shape index (κ3) is 8.02. The van der Waals surface area contributed by atoms with Crippen molar-refractivity contribution in [1.29, 1.82) is 0 Å². The Bertz CT molecular complexity index is 456. The molecule has 1 aromatic heterocycles. The van der Waals surface area contributed by atoms with Gasteiger partial charge in [0.05, 0.1) is 5.69 Å². The number of likely N-dealkylation sites (N-methyl/N-ethyl adjacent to an activating group) is 1. The monoisotopic (exact) mass is 323 g/mol. The first-order valence-electron chi connectivity index (χ1n) is 8.73. The van der Waals surface area contributed by atoms with E-state index in [0.29, 0.717) is 12.5 Å². The van der Waals surface area contributed by atoms with Crippen LogP contribution in [0.4, 0.5) is 0 Å². The smallest absolute Gasteiger partial charge is 0.191 e. The van der Waals surface area contributed by atoms with E-state index in [-0.39, 0.29) is 0 Å². The summed E-state index contributed by atoms with van der Waals surface area (Å²) in [5.74, 6) is 1.99. The Hall–Kier alpha value is -1.56. The topological polar surface area (TPSA) is 65.7 Å². The summed E-state index contributed by atoms with van der Waals surface area (Å²) >= 11 is 0. The van der Waals surface area contributed by atoms with E-state index in [1.807, 2.05) is 6.07 Å². The molecule has 0 spiro atoms. The van der Waals surface area contributed by atoms with Crippen molar-refractivity contribution in [3.05, 3.63) is 17.5 Å². The Labute approximate surface area is 140 Å². The molecular formula is C17H33N5O. The van der Waals surface area contributed by atoms with Crippen LogP contribution >= 0.6 is 0 Å². The molecule has 0 aliphatic carbocycles. The molecule has 0 aliphatic heterocycles. The van der Waals surface area contributed by atoms with Crippen molar-refractivity contribution in [3.63, 3.8) is 0 Å². The van der Waals surface area contributed by atoms with Crippen molar-refractivity contribution < 1.29 is 4.52 Å². The van der Waals surface area contributed by atoms with E-state index in [9.17, 15) is 0 Å². The maximum atomic E-state index is 5.32. The zero-order valence-electron chi connectivity index (χ0n) is 15.4. The molecule has 0 saturated carbocycles. The van der Waals surface area contributed by atoms with Crippen LogP contribution < -0.4 is 10.6 Å². The van der Waals surface area contributed by atoms with Gasteiger partial charge in [-0.1, -0.05) is 32.3 Å². The molecule has 0 amide bonds. The fourth-order valence-corrected chi connectivity index (χ4v) is 2.08. The van der Waals surface area contributed by atoms with Gasteiger partial charge in [0.2, 0.25) is 0 Å². The summed E-state index contributed by atoms with van der Waals surface area (Å²) < 4.78 is 5.32. The molecule has 1 rings (SSSR count). The molecule has 0 aliphatic rings. The van der Waals surface area contributed by atoms with Crippen LogP contribution in [0.2, 0.25) is 0 Å². The van der Waals surface area contributed by atoms with E-state index >= 15 is 0 Å². The SMILES string of the molecule is CCCCN(C)CCNC(=NCc1cc(C(C)C)no1)NCC. The minimum atomic E-state index is 0.376. The van der Waals surface area contributed by atoms with Crippen LogP contribution in [0.3, 0.4) is 0 Å². The molecule has 132 valence electrons. The average molecular weight is 323 g/mol. The zero-order chi connectivity index (χ0) is 17.1.